The standard InChI is InChI=1S/C21H33N6O8PS/c1-13(2)35-20(30)14(3)26-36(31,33-8-9-37-5)34-11-21(10-22,32-4)18(29)17(28)15-6-7-16-19(23)24-12-25-27(15)16/h6-7,12-14,17-18,28-29H,8-9,11H2,1-5H3,(H,26,31)(H2,23,24,25)/t14-,17-,18-,21+,36?/m0/s1. The third-order valence-electron chi connectivity index (χ3n) is 5.20. The molecule has 2 aromatic heterocycles. The summed E-state index contributed by atoms with van der Waals surface area (Å²) in [6.07, 6.45) is -1.03. The molecule has 0 amide bonds. The Labute approximate surface area is 219 Å². The summed E-state index contributed by atoms with van der Waals surface area (Å²) in [5.74, 6) is -0.0901. The summed E-state index contributed by atoms with van der Waals surface area (Å²) in [6.45, 7) is 3.94. The Morgan fingerprint density at radius 1 is 1.35 bits per heavy atom. The van der Waals surface area contributed by atoms with Crippen LogP contribution in [0.25, 0.3) is 5.52 Å². The number of carbonyl (C=O) groups excluding carboxylic acids is 1. The normalized spacial score (nSPS) is 17.5. The van der Waals surface area contributed by atoms with E-state index >= 15 is 0 Å². The predicted octanol–water partition coefficient (Wildman–Crippen LogP) is 1.05. The van der Waals surface area contributed by atoms with E-state index in [2.05, 4.69) is 15.2 Å². The second kappa shape index (κ2) is 13.5. The maximum Gasteiger partial charge on any atom is 0.406 e. The lowest BCUT2D eigenvalue weighted by molar-refractivity contribution is -0.149. The Balaban J connectivity index is 2.28. The summed E-state index contributed by atoms with van der Waals surface area (Å²) in [5, 5.41) is 38.4. The number of thioether (sulfide) groups is 1. The fraction of sp³-hybridized carbons (Fsp3) is 0.619. The Morgan fingerprint density at radius 3 is 2.65 bits per heavy atom. The highest BCUT2D eigenvalue weighted by molar-refractivity contribution is 7.98. The van der Waals surface area contributed by atoms with E-state index in [1.807, 2.05) is 6.26 Å². The molecule has 0 spiro atoms. The van der Waals surface area contributed by atoms with Gasteiger partial charge in [-0.1, -0.05) is 0 Å². The van der Waals surface area contributed by atoms with E-state index in [-0.39, 0.29) is 18.1 Å². The van der Waals surface area contributed by atoms with Crippen LogP contribution in [-0.4, -0.2) is 87.0 Å². The van der Waals surface area contributed by atoms with Gasteiger partial charge in [0.2, 0.25) is 5.60 Å². The monoisotopic (exact) mass is 560 g/mol. The van der Waals surface area contributed by atoms with Crippen LogP contribution in [0.5, 0.6) is 0 Å². The van der Waals surface area contributed by atoms with Crippen LogP contribution in [-0.2, 0) is 27.9 Å². The van der Waals surface area contributed by atoms with Crippen LogP contribution in [0.15, 0.2) is 18.5 Å². The number of nitriles is 1. The van der Waals surface area contributed by atoms with Gasteiger partial charge in [-0.15, -0.1) is 0 Å². The van der Waals surface area contributed by atoms with Crippen LogP contribution < -0.4 is 10.8 Å². The molecule has 5 atom stereocenters. The molecule has 206 valence electrons. The van der Waals surface area contributed by atoms with Crippen molar-refractivity contribution in [3.63, 3.8) is 0 Å². The molecule has 0 radical (unpaired) electrons. The molecule has 0 aliphatic carbocycles. The summed E-state index contributed by atoms with van der Waals surface area (Å²) >= 11 is 1.42. The van der Waals surface area contributed by atoms with Gasteiger partial charge in [-0.25, -0.2) is 19.2 Å². The van der Waals surface area contributed by atoms with Gasteiger partial charge in [-0.05, 0) is 39.2 Å². The molecule has 5 N–H and O–H groups in total. The van der Waals surface area contributed by atoms with Gasteiger partial charge in [-0.2, -0.15) is 22.1 Å². The van der Waals surface area contributed by atoms with Crippen molar-refractivity contribution in [1.29, 1.82) is 5.26 Å². The Morgan fingerprint density at radius 2 is 2.05 bits per heavy atom. The first-order valence-corrected chi connectivity index (χ1v) is 14.1. The first-order chi connectivity index (χ1) is 17.4. The first-order valence-electron chi connectivity index (χ1n) is 11.2. The van der Waals surface area contributed by atoms with Crippen LogP contribution in [0.1, 0.15) is 32.6 Å². The molecule has 0 aliphatic heterocycles. The number of hydrogen-bond donors (Lipinski definition) is 4. The van der Waals surface area contributed by atoms with Crippen molar-refractivity contribution >= 4 is 36.8 Å². The molecule has 0 saturated heterocycles. The SMILES string of the molecule is CO[C@](C#N)(COP(=O)(N[C@@H](C)C(=O)OC(C)C)OCCSC)[C@@H](O)[C@@H](O)c1ccc2c(N)ncnn12. The minimum atomic E-state index is -4.23. The lowest BCUT2D eigenvalue weighted by Crippen LogP contribution is -2.50. The number of esters is 1. The number of ether oxygens (including phenoxy) is 2. The number of rotatable bonds is 15. The first kappa shape index (κ1) is 30.9. The molecule has 2 aromatic rings. The lowest BCUT2D eigenvalue weighted by Gasteiger charge is -2.34. The molecule has 0 fully saturated rings. The van der Waals surface area contributed by atoms with E-state index in [0.29, 0.717) is 11.3 Å². The predicted molar refractivity (Wildman–Crippen MR) is 135 cm³/mol. The summed E-state index contributed by atoms with van der Waals surface area (Å²) < 4.78 is 36.0. The zero-order valence-electron chi connectivity index (χ0n) is 21.2. The van der Waals surface area contributed by atoms with Gasteiger partial charge < -0.3 is 25.4 Å². The Hall–Kier alpha value is -2.28. The van der Waals surface area contributed by atoms with Crippen molar-refractivity contribution in [1.82, 2.24) is 19.7 Å². The van der Waals surface area contributed by atoms with Gasteiger partial charge in [0, 0.05) is 12.9 Å². The van der Waals surface area contributed by atoms with E-state index in [9.17, 15) is 24.8 Å². The number of nitrogens with two attached hydrogens (primary N) is 1. The van der Waals surface area contributed by atoms with Crippen molar-refractivity contribution in [3.8, 4) is 6.07 Å². The number of fused-ring (bicyclic) bond motifs is 1. The van der Waals surface area contributed by atoms with Crippen LogP contribution in [0.4, 0.5) is 5.82 Å². The smallest absolute Gasteiger partial charge is 0.406 e. The number of anilines is 1. The molecule has 37 heavy (non-hydrogen) atoms. The van der Waals surface area contributed by atoms with E-state index < -0.39 is 50.3 Å². The fourth-order valence-corrected chi connectivity index (χ4v) is 5.05. The number of carbonyl (C=O) groups is 1. The molecule has 14 nitrogen and oxygen atoms in total. The highest BCUT2D eigenvalue weighted by atomic mass is 32.2. The lowest BCUT2D eigenvalue weighted by atomic mass is 9.93. The van der Waals surface area contributed by atoms with Gasteiger partial charge in [0.1, 0.15) is 42.8 Å². The number of nitrogens with zero attached hydrogens (tertiary/aromatic N) is 4. The highest BCUT2D eigenvalue weighted by Gasteiger charge is 2.47. The Kier molecular flexibility index (Phi) is 11.3. The van der Waals surface area contributed by atoms with Crippen molar-refractivity contribution in [2.75, 3.05) is 38.1 Å². The zero-order chi connectivity index (χ0) is 27.8. The van der Waals surface area contributed by atoms with Crippen LogP contribution in [0.2, 0.25) is 0 Å². The maximum atomic E-state index is 13.5. The number of nitrogen functional groups attached to an aromatic ring is 1. The third kappa shape index (κ3) is 7.62. The van der Waals surface area contributed by atoms with Crippen LogP contribution in [0.3, 0.4) is 0 Å². The molecule has 0 aromatic carbocycles. The summed E-state index contributed by atoms with van der Waals surface area (Å²) in [7, 11) is -3.11. The van der Waals surface area contributed by atoms with Gasteiger partial charge in [0.15, 0.2) is 5.82 Å². The number of nitrogens with one attached hydrogen (secondary N) is 1. The van der Waals surface area contributed by atoms with Crippen LogP contribution in [0, 0.1) is 11.3 Å². The summed E-state index contributed by atoms with van der Waals surface area (Å²) in [5.41, 5.74) is 4.08. The van der Waals surface area contributed by atoms with Gasteiger partial charge in [0.25, 0.3) is 0 Å². The second-order valence-corrected chi connectivity index (χ2v) is 11.0. The molecule has 2 heterocycles. The largest absolute Gasteiger partial charge is 0.462 e. The van der Waals surface area contributed by atoms with Gasteiger partial charge in [0.05, 0.1) is 18.4 Å². The van der Waals surface area contributed by atoms with E-state index in [1.165, 1.54) is 41.7 Å². The van der Waals surface area contributed by atoms with Crippen molar-refractivity contribution in [2.45, 2.75) is 50.7 Å². The molecule has 0 aliphatic rings. The van der Waals surface area contributed by atoms with E-state index in [0.717, 1.165) is 7.11 Å². The molecular weight excluding hydrogens is 527 g/mol. The summed E-state index contributed by atoms with van der Waals surface area (Å²) in [6, 6.07) is 3.68. The molecule has 16 heteroatoms. The molecule has 2 rings (SSSR count). The maximum absolute atomic E-state index is 13.5. The fourth-order valence-electron chi connectivity index (χ4n) is 3.18. The van der Waals surface area contributed by atoms with Crippen molar-refractivity contribution in [3.05, 3.63) is 24.2 Å². The van der Waals surface area contributed by atoms with Crippen molar-refractivity contribution < 1.29 is 38.1 Å². The average molecular weight is 561 g/mol. The number of hydrogen-bond acceptors (Lipinski definition) is 13. The van der Waals surface area contributed by atoms with E-state index in [1.54, 1.807) is 19.9 Å². The average Bonchev–Trinajstić information content (AvgIpc) is 3.29. The number of aromatic nitrogens is 3. The van der Waals surface area contributed by atoms with Crippen molar-refractivity contribution in [2.24, 2.45) is 0 Å². The highest BCUT2D eigenvalue weighted by Crippen LogP contribution is 2.46. The minimum absolute atomic E-state index is 0.00756. The van der Waals surface area contributed by atoms with Crippen LogP contribution >= 0.6 is 19.5 Å². The molecular formula is C21H33N6O8PS. The third-order valence-corrected chi connectivity index (χ3v) is 7.47. The van der Waals surface area contributed by atoms with Gasteiger partial charge >= 0.3 is 13.7 Å². The van der Waals surface area contributed by atoms with Gasteiger partial charge in [-0.3, -0.25) is 13.8 Å². The topological polar surface area (TPSA) is 204 Å². The summed E-state index contributed by atoms with van der Waals surface area (Å²) in [4.78, 5) is 16.1. The number of aliphatic hydroxyl groups is 2. The number of methoxy groups -OCH3 is 1. The van der Waals surface area contributed by atoms with E-state index in [4.69, 9.17) is 24.3 Å². The zero-order valence-corrected chi connectivity index (χ0v) is 22.9. The molecule has 0 saturated carbocycles. The Bertz CT molecular complexity index is 1140. The molecule has 1 unspecified atom stereocenters. The number of aliphatic hydroxyl groups excluding tert-OH is 2. The minimum Gasteiger partial charge on any atom is -0.462 e. The second-order valence-electron chi connectivity index (χ2n) is 8.23. The quantitative estimate of drug-likeness (QED) is 0.137. The molecule has 0 bridgehead atoms.